The van der Waals surface area contributed by atoms with Gasteiger partial charge >= 0.3 is 0 Å². The summed E-state index contributed by atoms with van der Waals surface area (Å²) in [7, 11) is 0. The van der Waals surface area contributed by atoms with Crippen LogP contribution in [0, 0.1) is 0 Å². The molecule has 0 radical (unpaired) electrons. The van der Waals surface area contributed by atoms with Crippen LogP contribution in [-0.2, 0) is 0 Å². The first-order valence-electron chi connectivity index (χ1n) is 18.5. The predicted octanol–water partition coefficient (Wildman–Crippen LogP) is 12.5. The van der Waals surface area contributed by atoms with Crippen molar-refractivity contribution in [2.75, 3.05) is 0 Å². The molecule has 0 saturated carbocycles. The summed E-state index contributed by atoms with van der Waals surface area (Å²) in [5, 5.41) is 9.06. The zero-order valence-electron chi connectivity index (χ0n) is 29.4. The van der Waals surface area contributed by atoms with Crippen molar-refractivity contribution in [3.05, 3.63) is 176 Å². The molecule has 0 amide bonds. The Kier molecular flexibility index (Phi) is 6.24. The lowest BCUT2D eigenvalue weighted by Crippen LogP contribution is -2.07. The van der Waals surface area contributed by atoms with Gasteiger partial charge in [0.05, 0.1) is 27.6 Å². The fraction of sp³-hybridized carbons (Fsp3) is 0. The number of fused-ring (bicyclic) bond motifs is 11. The van der Waals surface area contributed by atoms with E-state index in [0.717, 1.165) is 77.0 Å². The Morgan fingerprint density at radius 2 is 1.02 bits per heavy atom. The van der Waals surface area contributed by atoms with E-state index in [0.29, 0.717) is 17.6 Å². The van der Waals surface area contributed by atoms with Crippen LogP contribution in [0.15, 0.2) is 180 Å². The summed E-state index contributed by atoms with van der Waals surface area (Å²) in [5.74, 6) is 1.66. The molecule has 6 nitrogen and oxygen atoms in total. The molecule has 0 fully saturated rings. The molecule has 55 heavy (non-hydrogen) atoms. The highest BCUT2D eigenvalue weighted by molar-refractivity contribution is 6.23. The standard InChI is InChI=1S/C49H29N5O/c1-2-14-31(15-3-1)47-50-48(40-21-12-20-39-36-19-8-11-24-43(36)55-46(39)40)52-49(51-47)54-42-23-10-7-18-35(42)38-28-27-37-34-17-6-9-22-41(34)53(44(37)45(38)54)33-26-25-30-13-4-5-16-32(30)29-33/h1-29H. The summed E-state index contributed by atoms with van der Waals surface area (Å²) in [6.07, 6.45) is 0. The molecule has 0 aliphatic carbocycles. The monoisotopic (exact) mass is 703 g/mol. The largest absolute Gasteiger partial charge is 0.455 e. The highest BCUT2D eigenvalue weighted by atomic mass is 16.3. The Labute approximate surface area is 314 Å². The van der Waals surface area contributed by atoms with Crippen LogP contribution in [0.1, 0.15) is 0 Å². The van der Waals surface area contributed by atoms with Crippen molar-refractivity contribution in [1.82, 2.24) is 24.1 Å². The second-order valence-corrected chi connectivity index (χ2v) is 14.0. The van der Waals surface area contributed by atoms with Crippen molar-refractivity contribution < 1.29 is 4.42 Å². The molecule has 8 aromatic carbocycles. The molecule has 256 valence electrons. The van der Waals surface area contributed by atoms with E-state index in [4.69, 9.17) is 19.4 Å². The van der Waals surface area contributed by atoms with Gasteiger partial charge in [0.15, 0.2) is 11.6 Å². The summed E-state index contributed by atoms with van der Waals surface area (Å²) in [6.45, 7) is 0. The molecule has 4 heterocycles. The summed E-state index contributed by atoms with van der Waals surface area (Å²) in [4.78, 5) is 15.8. The number of nitrogens with zero attached hydrogens (tertiary/aromatic N) is 5. The Morgan fingerprint density at radius 3 is 1.82 bits per heavy atom. The van der Waals surface area contributed by atoms with Crippen molar-refractivity contribution >= 4 is 76.3 Å². The van der Waals surface area contributed by atoms with Crippen LogP contribution in [0.4, 0.5) is 0 Å². The van der Waals surface area contributed by atoms with Crippen molar-refractivity contribution in [2.45, 2.75) is 0 Å². The molecule has 0 spiro atoms. The zero-order valence-corrected chi connectivity index (χ0v) is 29.4. The summed E-state index contributed by atoms with van der Waals surface area (Å²) in [5.41, 5.74) is 8.65. The van der Waals surface area contributed by atoms with E-state index in [1.807, 2.05) is 54.6 Å². The van der Waals surface area contributed by atoms with E-state index >= 15 is 0 Å². The van der Waals surface area contributed by atoms with Crippen molar-refractivity contribution in [3.63, 3.8) is 0 Å². The van der Waals surface area contributed by atoms with Crippen molar-refractivity contribution in [2.24, 2.45) is 0 Å². The number of hydrogen-bond acceptors (Lipinski definition) is 4. The summed E-state index contributed by atoms with van der Waals surface area (Å²) >= 11 is 0. The van der Waals surface area contributed by atoms with E-state index < -0.39 is 0 Å². The lowest BCUT2D eigenvalue weighted by Gasteiger charge is -2.14. The van der Waals surface area contributed by atoms with Gasteiger partial charge in [-0.25, -0.2) is 4.98 Å². The second-order valence-electron chi connectivity index (χ2n) is 14.0. The van der Waals surface area contributed by atoms with E-state index in [1.54, 1.807) is 0 Å². The molecule has 0 bridgehead atoms. The normalized spacial score (nSPS) is 12.0. The van der Waals surface area contributed by atoms with Gasteiger partial charge in [-0.2, -0.15) is 9.97 Å². The number of benzene rings is 8. The fourth-order valence-electron chi connectivity index (χ4n) is 8.52. The third-order valence-corrected chi connectivity index (χ3v) is 11.0. The van der Waals surface area contributed by atoms with Gasteiger partial charge in [-0.15, -0.1) is 0 Å². The number of furan rings is 1. The molecule has 6 heteroatoms. The van der Waals surface area contributed by atoms with Crippen LogP contribution in [-0.4, -0.2) is 24.1 Å². The molecular weight excluding hydrogens is 675 g/mol. The van der Waals surface area contributed by atoms with Gasteiger partial charge in [-0.3, -0.25) is 4.57 Å². The molecule has 0 atom stereocenters. The van der Waals surface area contributed by atoms with Gasteiger partial charge in [0, 0.05) is 43.6 Å². The first-order valence-corrected chi connectivity index (χ1v) is 18.5. The van der Waals surface area contributed by atoms with E-state index in [2.05, 4.69) is 130 Å². The highest BCUT2D eigenvalue weighted by Gasteiger charge is 2.24. The quantitative estimate of drug-likeness (QED) is 0.183. The Hall–Kier alpha value is -7.57. The van der Waals surface area contributed by atoms with Crippen molar-refractivity contribution in [3.8, 4) is 34.4 Å². The third-order valence-electron chi connectivity index (χ3n) is 11.0. The molecule has 4 aromatic heterocycles. The van der Waals surface area contributed by atoms with Gasteiger partial charge in [0.1, 0.15) is 11.2 Å². The lowest BCUT2D eigenvalue weighted by molar-refractivity contribution is 0.669. The van der Waals surface area contributed by atoms with Crippen molar-refractivity contribution in [1.29, 1.82) is 0 Å². The van der Waals surface area contributed by atoms with E-state index in [1.165, 1.54) is 16.2 Å². The Balaban J connectivity index is 1.23. The zero-order chi connectivity index (χ0) is 36.0. The number of rotatable bonds is 4. The molecule has 0 saturated heterocycles. The van der Waals surface area contributed by atoms with Gasteiger partial charge in [-0.05, 0) is 47.2 Å². The van der Waals surface area contributed by atoms with Crippen LogP contribution < -0.4 is 0 Å². The van der Waals surface area contributed by atoms with Gasteiger partial charge in [0.25, 0.3) is 0 Å². The topological polar surface area (TPSA) is 61.7 Å². The van der Waals surface area contributed by atoms with Crippen LogP contribution >= 0.6 is 0 Å². The van der Waals surface area contributed by atoms with Crippen LogP contribution in [0.3, 0.4) is 0 Å². The average molecular weight is 704 g/mol. The molecule has 0 N–H and O–H groups in total. The van der Waals surface area contributed by atoms with Crippen LogP contribution in [0.2, 0.25) is 0 Å². The Morgan fingerprint density at radius 1 is 0.400 bits per heavy atom. The molecule has 0 aliphatic rings. The molecule has 12 rings (SSSR count). The maximum absolute atomic E-state index is 6.53. The average Bonchev–Trinajstić information content (AvgIpc) is 3.92. The first kappa shape index (κ1) is 29.9. The first-order chi connectivity index (χ1) is 27.3. The van der Waals surface area contributed by atoms with E-state index in [-0.39, 0.29) is 0 Å². The minimum atomic E-state index is 0.533. The molecular formula is C49H29N5O. The number of aromatic nitrogens is 5. The third kappa shape index (κ3) is 4.39. The number of para-hydroxylation sites is 4. The van der Waals surface area contributed by atoms with Gasteiger partial charge in [-0.1, -0.05) is 140 Å². The summed E-state index contributed by atoms with van der Waals surface area (Å²) < 4.78 is 11.2. The van der Waals surface area contributed by atoms with Crippen LogP contribution in [0.5, 0.6) is 0 Å². The van der Waals surface area contributed by atoms with Gasteiger partial charge < -0.3 is 8.98 Å². The second kappa shape index (κ2) is 11.5. The van der Waals surface area contributed by atoms with Gasteiger partial charge in [0.2, 0.25) is 5.95 Å². The SMILES string of the molecule is c1ccc(-c2nc(-c3cccc4c3oc3ccccc34)nc(-n3c4ccccc4c4ccc5c6ccccc6n(-c6ccc7ccccc7c6)c5c43)n2)cc1. The summed E-state index contributed by atoms with van der Waals surface area (Å²) in [6, 6.07) is 61.5. The van der Waals surface area contributed by atoms with E-state index in [9.17, 15) is 0 Å². The minimum absolute atomic E-state index is 0.533. The lowest BCUT2D eigenvalue weighted by atomic mass is 10.1. The predicted molar refractivity (Wildman–Crippen MR) is 224 cm³/mol. The maximum atomic E-state index is 6.53. The fourth-order valence-corrected chi connectivity index (χ4v) is 8.52. The molecule has 0 unspecified atom stereocenters. The Bertz CT molecular complexity index is 3500. The molecule has 0 aliphatic heterocycles. The minimum Gasteiger partial charge on any atom is -0.455 e. The smallest absolute Gasteiger partial charge is 0.238 e. The number of hydrogen-bond donors (Lipinski definition) is 0. The maximum Gasteiger partial charge on any atom is 0.238 e. The highest BCUT2D eigenvalue weighted by Crippen LogP contribution is 2.42. The molecule has 12 aromatic rings. The van der Waals surface area contributed by atoms with Crippen LogP contribution in [0.25, 0.3) is 111 Å².